The van der Waals surface area contributed by atoms with Crippen LogP contribution in [0.3, 0.4) is 0 Å². The van der Waals surface area contributed by atoms with Gasteiger partial charge in [0.15, 0.2) is 0 Å². The molecule has 1 nitrogen and oxygen atoms in total. The number of hydrogen-bond acceptors (Lipinski definition) is 1. The van der Waals surface area contributed by atoms with Crippen LogP contribution in [-0.2, 0) is 12.8 Å². The van der Waals surface area contributed by atoms with Crippen LogP contribution in [0.1, 0.15) is 41.0 Å². The van der Waals surface area contributed by atoms with Gasteiger partial charge in [0.2, 0.25) is 0 Å². The average Bonchev–Trinajstić information content (AvgIpc) is 2.54. The van der Waals surface area contributed by atoms with Crippen LogP contribution in [0.25, 0.3) is 17.2 Å². The van der Waals surface area contributed by atoms with E-state index in [9.17, 15) is 0 Å². The van der Waals surface area contributed by atoms with Crippen LogP contribution in [-0.4, -0.2) is 6.54 Å². The molecule has 2 N–H and O–H groups in total. The zero-order valence-electron chi connectivity index (χ0n) is 12.3. The lowest BCUT2D eigenvalue weighted by molar-refractivity contribution is 0.628. The van der Waals surface area contributed by atoms with E-state index in [1.165, 1.54) is 35.1 Å². The second-order valence-electron chi connectivity index (χ2n) is 6.16. The van der Waals surface area contributed by atoms with Crippen molar-refractivity contribution in [3.63, 3.8) is 0 Å². The van der Waals surface area contributed by atoms with Crippen molar-refractivity contribution in [3.8, 4) is 11.1 Å². The lowest BCUT2D eigenvalue weighted by atomic mass is 9.75. The molecule has 2 aliphatic rings. The Hall–Kier alpha value is -1.86. The van der Waals surface area contributed by atoms with Crippen molar-refractivity contribution in [1.29, 1.82) is 0 Å². The summed E-state index contributed by atoms with van der Waals surface area (Å²) in [5, 5.41) is 0. The maximum Gasteiger partial charge on any atom is -0.00713 e. The van der Waals surface area contributed by atoms with Crippen molar-refractivity contribution in [3.05, 3.63) is 64.7 Å². The summed E-state index contributed by atoms with van der Waals surface area (Å²) in [6, 6.07) is 13.5. The van der Waals surface area contributed by atoms with Crippen LogP contribution in [0.2, 0.25) is 0 Å². The molecule has 1 unspecified atom stereocenters. The van der Waals surface area contributed by atoms with E-state index in [2.05, 4.69) is 48.6 Å². The summed E-state index contributed by atoms with van der Waals surface area (Å²) < 4.78 is 0. The molecule has 0 fully saturated rings. The van der Waals surface area contributed by atoms with Gasteiger partial charge in [-0.15, -0.1) is 0 Å². The van der Waals surface area contributed by atoms with Gasteiger partial charge in [-0.1, -0.05) is 48.6 Å². The van der Waals surface area contributed by atoms with Crippen molar-refractivity contribution in [1.82, 2.24) is 0 Å². The molecule has 0 bridgehead atoms. The minimum atomic E-state index is 0.607. The van der Waals surface area contributed by atoms with E-state index < -0.39 is 0 Å². The molecular formula is C20H21N. The van der Waals surface area contributed by atoms with E-state index in [0.717, 1.165) is 19.4 Å². The van der Waals surface area contributed by atoms with E-state index in [1.54, 1.807) is 11.1 Å². The fourth-order valence-corrected chi connectivity index (χ4v) is 4.03. The second kappa shape index (κ2) is 5.16. The standard InChI is InChI=1S/C20H21N/c21-13-12-16-6-3-5-15-9-10-18-17-7-2-1-4-14(17)8-11-19(18)20(15)16/h1-5,7,9-10,16H,6,8,11-13,21H2. The Labute approximate surface area is 126 Å². The summed E-state index contributed by atoms with van der Waals surface area (Å²) in [5.41, 5.74) is 14.8. The van der Waals surface area contributed by atoms with E-state index >= 15 is 0 Å². The van der Waals surface area contributed by atoms with Crippen molar-refractivity contribution in [2.75, 3.05) is 6.54 Å². The number of nitrogens with two attached hydrogens (primary N) is 1. The average molecular weight is 275 g/mol. The van der Waals surface area contributed by atoms with Gasteiger partial charge in [0, 0.05) is 0 Å². The Balaban J connectivity index is 1.92. The first-order valence-corrected chi connectivity index (χ1v) is 7.99. The molecule has 2 aromatic carbocycles. The molecule has 106 valence electrons. The maximum absolute atomic E-state index is 5.85. The molecule has 0 amide bonds. The Morgan fingerprint density at radius 2 is 1.90 bits per heavy atom. The number of hydrogen-bond donors (Lipinski definition) is 1. The summed E-state index contributed by atoms with van der Waals surface area (Å²) in [4.78, 5) is 0. The van der Waals surface area contributed by atoms with Gasteiger partial charge in [-0.25, -0.2) is 0 Å². The van der Waals surface area contributed by atoms with Gasteiger partial charge in [0.1, 0.15) is 0 Å². The molecule has 4 rings (SSSR count). The third kappa shape index (κ3) is 2.04. The second-order valence-corrected chi connectivity index (χ2v) is 6.16. The third-order valence-corrected chi connectivity index (χ3v) is 4.98. The smallest absolute Gasteiger partial charge is 0.00713 e. The first-order chi connectivity index (χ1) is 10.4. The van der Waals surface area contributed by atoms with Crippen LogP contribution >= 0.6 is 0 Å². The largest absolute Gasteiger partial charge is 0.330 e. The molecule has 0 saturated carbocycles. The zero-order valence-corrected chi connectivity index (χ0v) is 12.3. The number of allylic oxidation sites excluding steroid dienone is 1. The molecule has 0 aliphatic heterocycles. The van der Waals surface area contributed by atoms with Gasteiger partial charge in [0.05, 0.1) is 0 Å². The minimum absolute atomic E-state index is 0.607. The van der Waals surface area contributed by atoms with Crippen molar-refractivity contribution in [2.24, 2.45) is 5.73 Å². The highest BCUT2D eigenvalue weighted by atomic mass is 14.5. The first-order valence-electron chi connectivity index (χ1n) is 7.99. The van der Waals surface area contributed by atoms with Crippen molar-refractivity contribution >= 4 is 6.08 Å². The maximum atomic E-state index is 5.85. The number of benzene rings is 2. The number of aryl methyl sites for hydroxylation is 1. The zero-order chi connectivity index (χ0) is 14.2. The van der Waals surface area contributed by atoms with Gasteiger partial charge < -0.3 is 5.73 Å². The Morgan fingerprint density at radius 1 is 1.00 bits per heavy atom. The Kier molecular flexibility index (Phi) is 3.16. The van der Waals surface area contributed by atoms with Crippen LogP contribution in [0.5, 0.6) is 0 Å². The molecular weight excluding hydrogens is 254 g/mol. The fourth-order valence-electron chi connectivity index (χ4n) is 4.03. The van der Waals surface area contributed by atoms with Crippen molar-refractivity contribution < 1.29 is 0 Å². The molecule has 0 saturated heterocycles. The molecule has 2 aromatic rings. The predicted molar refractivity (Wildman–Crippen MR) is 89.3 cm³/mol. The third-order valence-electron chi connectivity index (χ3n) is 4.98. The molecule has 0 spiro atoms. The summed E-state index contributed by atoms with van der Waals surface area (Å²) in [6.07, 6.45) is 9.18. The van der Waals surface area contributed by atoms with Crippen LogP contribution in [0.4, 0.5) is 0 Å². The van der Waals surface area contributed by atoms with Gasteiger partial charge in [-0.05, 0) is 71.5 Å². The van der Waals surface area contributed by atoms with Gasteiger partial charge in [-0.2, -0.15) is 0 Å². The first kappa shape index (κ1) is 12.8. The van der Waals surface area contributed by atoms with Crippen LogP contribution in [0, 0.1) is 0 Å². The minimum Gasteiger partial charge on any atom is -0.330 e. The number of rotatable bonds is 2. The molecule has 0 radical (unpaired) electrons. The fraction of sp³-hybridized carbons (Fsp3) is 0.300. The Morgan fingerprint density at radius 3 is 2.81 bits per heavy atom. The van der Waals surface area contributed by atoms with Crippen molar-refractivity contribution in [2.45, 2.75) is 31.6 Å². The molecule has 0 heterocycles. The molecule has 1 heteroatoms. The highest BCUT2D eigenvalue weighted by Crippen LogP contribution is 2.42. The van der Waals surface area contributed by atoms with E-state index in [0.29, 0.717) is 5.92 Å². The van der Waals surface area contributed by atoms with E-state index in [4.69, 9.17) is 5.73 Å². The SMILES string of the molecule is NCCC1CC=Cc2ccc3c(c21)CCc1ccccc1-3. The van der Waals surface area contributed by atoms with Gasteiger partial charge in [0.25, 0.3) is 0 Å². The highest BCUT2D eigenvalue weighted by molar-refractivity contribution is 5.77. The molecule has 2 aliphatic carbocycles. The normalized spacial score (nSPS) is 18.8. The number of fused-ring (bicyclic) bond motifs is 5. The molecule has 1 atom stereocenters. The van der Waals surface area contributed by atoms with Crippen LogP contribution in [0.15, 0.2) is 42.5 Å². The summed E-state index contributed by atoms with van der Waals surface area (Å²) in [7, 11) is 0. The van der Waals surface area contributed by atoms with Gasteiger partial charge in [-0.3, -0.25) is 0 Å². The predicted octanol–water partition coefficient (Wildman–Crippen LogP) is 4.30. The van der Waals surface area contributed by atoms with E-state index in [1.807, 2.05) is 0 Å². The highest BCUT2D eigenvalue weighted by Gasteiger charge is 2.25. The molecule has 0 aromatic heterocycles. The molecule has 21 heavy (non-hydrogen) atoms. The van der Waals surface area contributed by atoms with Gasteiger partial charge >= 0.3 is 0 Å². The lowest BCUT2D eigenvalue weighted by Gasteiger charge is -2.29. The summed E-state index contributed by atoms with van der Waals surface area (Å²) >= 11 is 0. The van der Waals surface area contributed by atoms with Crippen LogP contribution < -0.4 is 5.73 Å². The quantitative estimate of drug-likeness (QED) is 0.868. The summed E-state index contributed by atoms with van der Waals surface area (Å²) in [6.45, 7) is 0.776. The monoisotopic (exact) mass is 275 g/mol. The Bertz CT molecular complexity index is 712. The summed E-state index contributed by atoms with van der Waals surface area (Å²) in [5.74, 6) is 0.607. The van der Waals surface area contributed by atoms with E-state index in [-0.39, 0.29) is 0 Å². The lowest BCUT2D eigenvalue weighted by Crippen LogP contribution is -2.15. The topological polar surface area (TPSA) is 26.0 Å².